The fraction of sp³-hybridized carbons (Fsp3) is 0.357. The summed E-state index contributed by atoms with van der Waals surface area (Å²) in [5.74, 6) is 0.243. The fourth-order valence-corrected chi connectivity index (χ4v) is 1.65. The van der Waals surface area contributed by atoms with E-state index in [9.17, 15) is 4.79 Å². The van der Waals surface area contributed by atoms with Gasteiger partial charge in [0.05, 0.1) is 19.3 Å². The molecule has 0 N–H and O–H groups in total. The Hall–Kier alpha value is -2.37. The summed E-state index contributed by atoms with van der Waals surface area (Å²) in [6, 6.07) is 7.34. The van der Waals surface area contributed by atoms with E-state index in [2.05, 4.69) is 10.2 Å². The summed E-state index contributed by atoms with van der Waals surface area (Å²) in [4.78, 5) is 12.8. The lowest BCUT2D eigenvalue weighted by Crippen LogP contribution is -2.14. The Bertz CT molecular complexity index is 563. The highest BCUT2D eigenvalue weighted by molar-refractivity contribution is 5.71. The number of ether oxygens (including phenoxy) is 2. The number of aryl methyl sites for hydroxylation is 1. The van der Waals surface area contributed by atoms with Crippen molar-refractivity contribution in [2.75, 3.05) is 13.2 Å². The Balaban J connectivity index is 1.97. The summed E-state index contributed by atoms with van der Waals surface area (Å²) in [6.45, 7) is 4.75. The number of carbonyl (C=O) groups is 1. The van der Waals surface area contributed by atoms with Crippen molar-refractivity contribution in [1.29, 1.82) is 0 Å². The normalized spacial score (nSPS) is 10.3. The van der Waals surface area contributed by atoms with Gasteiger partial charge in [-0.05, 0) is 38.1 Å². The van der Waals surface area contributed by atoms with E-state index >= 15 is 0 Å². The number of hydrogen-bond donors (Lipinski definition) is 0. The Kier molecular flexibility index (Phi) is 4.70. The summed E-state index contributed by atoms with van der Waals surface area (Å²) >= 11 is 0. The van der Waals surface area contributed by atoms with Crippen LogP contribution in [0.4, 0.5) is 0 Å². The summed E-state index contributed by atoms with van der Waals surface area (Å²) in [6.07, 6.45) is 1.72. The highest BCUT2D eigenvalue weighted by Gasteiger charge is 2.05. The van der Waals surface area contributed by atoms with E-state index in [1.54, 1.807) is 30.0 Å². The van der Waals surface area contributed by atoms with Crippen molar-refractivity contribution >= 4 is 5.97 Å². The molecule has 0 aliphatic rings. The number of hydrogen-bond acceptors (Lipinski definition) is 5. The molecule has 0 aliphatic heterocycles. The molecule has 1 aromatic carbocycles. The van der Waals surface area contributed by atoms with Crippen molar-refractivity contribution < 1.29 is 14.3 Å². The Labute approximate surface area is 117 Å². The molecule has 2 aromatic rings. The van der Waals surface area contributed by atoms with Crippen LogP contribution in [0.15, 0.2) is 30.5 Å². The van der Waals surface area contributed by atoms with Gasteiger partial charge >= 0.3 is 5.97 Å². The lowest BCUT2D eigenvalue weighted by atomic mass is 10.2. The maximum Gasteiger partial charge on any atom is 0.344 e. The second-order valence-corrected chi connectivity index (χ2v) is 4.04. The molecule has 0 fully saturated rings. The van der Waals surface area contributed by atoms with E-state index in [1.165, 1.54) is 0 Å². The van der Waals surface area contributed by atoms with Crippen LogP contribution in [-0.4, -0.2) is 34.2 Å². The molecule has 20 heavy (non-hydrogen) atoms. The molecule has 0 unspecified atom stereocenters. The summed E-state index contributed by atoms with van der Waals surface area (Å²) in [5, 5.41) is 8.44. The van der Waals surface area contributed by atoms with E-state index in [0.29, 0.717) is 12.4 Å². The maximum atomic E-state index is 11.2. The summed E-state index contributed by atoms with van der Waals surface area (Å²) in [5.41, 5.74) is 1.76. The minimum absolute atomic E-state index is 0.0841. The molecule has 6 nitrogen and oxygen atoms in total. The van der Waals surface area contributed by atoms with Gasteiger partial charge in [0.2, 0.25) is 0 Å². The lowest BCUT2D eigenvalue weighted by molar-refractivity contribution is -0.145. The molecular formula is C14H17N3O3. The molecule has 0 saturated heterocycles. The minimum atomic E-state index is -0.373. The molecule has 0 bridgehead atoms. The lowest BCUT2D eigenvalue weighted by Gasteiger charge is -2.06. The third kappa shape index (κ3) is 3.57. The van der Waals surface area contributed by atoms with Gasteiger partial charge in [-0.3, -0.25) is 0 Å². The second kappa shape index (κ2) is 6.70. The number of nitrogens with zero attached hydrogens (tertiary/aromatic N) is 3. The quantitative estimate of drug-likeness (QED) is 0.753. The van der Waals surface area contributed by atoms with E-state index in [-0.39, 0.29) is 12.6 Å². The zero-order valence-corrected chi connectivity index (χ0v) is 11.6. The van der Waals surface area contributed by atoms with E-state index < -0.39 is 0 Å². The van der Waals surface area contributed by atoms with Crippen molar-refractivity contribution in [3.05, 3.63) is 30.5 Å². The first kappa shape index (κ1) is 14.0. The molecule has 2 rings (SSSR count). The van der Waals surface area contributed by atoms with Crippen molar-refractivity contribution in [3.63, 3.8) is 0 Å². The Morgan fingerprint density at radius 1 is 1.25 bits per heavy atom. The van der Waals surface area contributed by atoms with Crippen LogP contribution < -0.4 is 4.74 Å². The molecule has 6 heteroatoms. The largest absolute Gasteiger partial charge is 0.482 e. The minimum Gasteiger partial charge on any atom is -0.482 e. The molecule has 0 spiro atoms. The zero-order valence-electron chi connectivity index (χ0n) is 11.6. The number of aromatic nitrogens is 3. The van der Waals surface area contributed by atoms with Crippen LogP contribution in [0.5, 0.6) is 5.75 Å². The molecular weight excluding hydrogens is 258 g/mol. The third-order valence-electron chi connectivity index (χ3n) is 2.63. The molecule has 0 aliphatic carbocycles. The molecule has 1 aromatic heterocycles. The van der Waals surface area contributed by atoms with Gasteiger partial charge in [-0.1, -0.05) is 0 Å². The SMILES string of the molecule is CCOC(=O)COc1ccc(-c2cnn(CC)n2)cc1. The van der Waals surface area contributed by atoms with Gasteiger partial charge in [-0.2, -0.15) is 15.0 Å². The number of carbonyl (C=O) groups excluding carboxylic acids is 1. The van der Waals surface area contributed by atoms with Crippen molar-refractivity contribution in [2.24, 2.45) is 0 Å². The van der Waals surface area contributed by atoms with Gasteiger partial charge < -0.3 is 9.47 Å². The van der Waals surface area contributed by atoms with Crippen LogP contribution in [0.3, 0.4) is 0 Å². The van der Waals surface area contributed by atoms with E-state index in [1.807, 2.05) is 19.1 Å². The number of esters is 1. The van der Waals surface area contributed by atoms with Crippen molar-refractivity contribution in [2.45, 2.75) is 20.4 Å². The predicted molar refractivity (Wildman–Crippen MR) is 73.3 cm³/mol. The molecule has 0 saturated carbocycles. The van der Waals surface area contributed by atoms with Crippen LogP contribution in [-0.2, 0) is 16.1 Å². The molecule has 0 amide bonds. The van der Waals surface area contributed by atoms with Crippen LogP contribution in [0.25, 0.3) is 11.3 Å². The van der Waals surface area contributed by atoms with Crippen molar-refractivity contribution in [3.8, 4) is 17.0 Å². The Morgan fingerprint density at radius 2 is 2.00 bits per heavy atom. The summed E-state index contributed by atoms with van der Waals surface area (Å²) < 4.78 is 10.1. The highest BCUT2D eigenvalue weighted by atomic mass is 16.6. The van der Waals surface area contributed by atoms with Gasteiger partial charge in [0.25, 0.3) is 0 Å². The monoisotopic (exact) mass is 275 g/mol. The first-order valence-electron chi connectivity index (χ1n) is 6.52. The maximum absolute atomic E-state index is 11.2. The van der Waals surface area contributed by atoms with Crippen LogP contribution in [0, 0.1) is 0 Å². The molecule has 0 atom stereocenters. The van der Waals surface area contributed by atoms with Gasteiger partial charge in [-0.15, -0.1) is 0 Å². The van der Waals surface area contributed by atoms with Crippen LogP contribution in [0.2, 0.25) is 0 Å². The second-order valence-electron chi connectivity index (χ2n) is 4.04. The third-order valence-corrected chi connectivity index (χ3v) is 2.63. The Morgan fingerprint density at radius 3 is 2.60 bits per heavy atom. The number of rotatable bonds is 6. The molecule has 106 valence electrons. The highest BCUT2D eigenvalue weighted by Crippen LogP contribution is 2.20. The zero-order chi connectivity index (χ0) is 14.4. The smallest absolute Gasteiger partial charge is 0.344 e. The van der Waals surface area contributed by atoms with Gasteiger partial charge in [0.15, 0.2) is 6.61 Å². The first-order chi connectivity index (χ1) is 9.72. The average Bonchev–Trinajstić information content (AvgIpc) is 2.95. The standard InChI is InChI=1S/C14H17N3O3/c1-3-17-15-9-13(16-17)11-5-7-12(8-6-11)20-10-14(18)19-4-2/h5-9H,3-4,10H2,1-2H3. The summed E-state index contributed by atoms with van der Waals surface area (Å²) in [7, 11) is 0. The van der Waals surface area contributed by atoms with E-state index in [0.717, 1.165) is 17.8 Å². The first-order valence-corrected chi connectivity index (χ1v) is 6.52. The molecule has 1 heterocycles. The molecule has 0 radical (unpaired) electrons. The van der Waals surface area contributed by atoms with Gasteiger partial charge in [0.1, 0.15) is 11.4 Å². The number of benzene rings is 1. The predicted octanol–water partition coefficient (Wildman–Crippen LogP) is 1.91. The average molecular weight is 275 g/mol. The van der Waals surface area contributed by atoms with Crippen molar-refractivity contribution in [1.82, 2.24) is 15.0 Å². The van der Waals surface area contributed by atoms with Gasteiger partial charge in [0, 0.05) is 5.56 Å². The van der Waals surface area contributed by atoms with E-state index in [4.69, 9.17) is 9.47 Å². The van der Waals surface area contributed by atoms with Crippen LogP contribution in [0.1, 0.15) is 13.8 Å². The van der Waals surface area contributed by atoms with Crippen LogP contribution >= 0.6 is 0 Å². The fourth-order valence-electron chi connectivity index (χ4n) is 1.65. The topological polar surface area (TPSA) is 66.2 Å². The van der Waals surface area contributed by atoms with Gasteiger partial charge in [-0.25, -0.2) is 4.79 Å².